The lowest BCUT2D eigenvalue weighted by Crippen LogP contribution is -2.55. The van der Waals surface area contributed by atoms with Gasteiger partial charge in [-0.1, -0.05) is 72.7 Å². The van der Waals surface area contributed by atoms with E-state index < -0.39 is 30.1 Å². The van der Waals surface area contributed by atoms with Gasteiger partial charge in [-0.25, -0.2) is 4.99 Å². The highest BCUT2D eigenvalue weighted by Gasteiger charge is 2.65. The highest BCUT2D eigenvalue weighted by Crippen LogP contribution is 2.45. The lowest BCUT2D eigenvalue weighted by molar-refractivity contribution is -0.168. The molecule has 2 aromatic rings. The molecule has 2 saturated heterocycles. The second-order valence-electron chi connectivity index (χ2n) is 9.10. The Kier molecular flexibility index (Phi) is 6.74. The number of benzene rings is 2. The summed E-state index contributed by atoms with van der Waals surface area (Å²) in [5.41, 5.74) is 11.4. The zero-order valence-corrected chi connectivity index (χ0v) is 19.9. The van der Waals surface area contributed by atoms with E-state index in [1.165, 1.54) is 0 Å². The third-order valence-corrected chi connectivity index (χ3v) is 6.60. The molecule has 0 radical (unpaired) electrons. The first-order valence-corrected chi connectivity index (χ1v) is 11.8. The Hall–Kier alpha value is -3.36. The van der Waals surface area contributed by atoms with Crippen LogP contribution in [0, 0.1) is 0 Å². The molecule has 3 aliphatic heterocycles. The molecule has 9 heteroatoms. The van der Waals surface area contributed by atoms with Crippen molar-refractivity contribution < 1.29 is 18.9 Å². The van der Waals surface area contributed by atoms with Crippen LogP contribution in [0.2, 0.25) is 0 Å². The minimum atomic E-state index is -1.06. The van der Waals surface area contributed by atoms with Gasteiger partial charge in [-0.15, -0.1) is 0 Å². The number of fused-ring (bicyclic) bond motifs is 3. The summed E-state index contributed by atoms with van der Waals surface area (Å²) in [5.74, 6) is 0. The first-order valence-electron chi connectivity index (χ1n) is 11.8. The normalized spacial score (nSPS) is 27.7. The standard InChI is InChI=1S/C26H29N5O4/c1-18-13-28-25-31(14-18)24-22(34-25)23(33-16-21-11-7-4-8-12-21)26(35-24,19(2)29-30-27)17-32-15-20-9-5-3-6-10-20/h3-12,14,19,22-24H,13,15-17H2,1-2H3/t19?,22-,23-,24+,26-/m0/s1. The average molecular weight is 476 g/mol. The number of ether oxygens (including phenoxy) is 4. The van der Waals surface area contributed by atoms with Crippen molar-refractivity contribution in [1.29, 1.82) is 0 Å². The minimum Gasteiger partial charge on any atom is -0.454 e. The zero-order chi connectivity index (χ0) is 24.3. The van der Waals surface area contributed by atoms with Gasteiger partial charge in [0.05, 0.1) is 32.4 Å². The molecule has 2 aromatic carbocycles. The van der Waals surface area contributed by atoms with Crippen LogP contribution in [0.5, 0.6) is 0 Å². The Morgan fingerprint density at radius 3 is 2.51 bits per heavy atom. The van der Waals surface area contributed by atoms with E-state index in [2.05, 4.69) is 15.0 Å². The topological polar surface area (TPSA) is 101 Å². The highest BCUT2D eigenvalue weighted by atomic mass is 16.7. The van der Waals surface area contributed by atoms with E-state index >= 15 is 0 Å². The molecule has 0 spiro atoms. The van der Waals surface area contributed by atoms with Gasteiger partial charge in [0.1, 0.15) is 11.7 Å². The Balaban J connectivity index is 1.45. The van der Waals surface area contributed by atoms with Crippen LogP contribution in [0.4, 0.5) is 0 Å². The molecule has 9 nitrogen and oxygen atoms in total. The van der Waals surface area contributed by atoms with E-state index in [9.17, 15) is 5.53 Å². The van der Waals surface area contributed by atoms with Gasteiger partial charge in [0.25, 0.3) is 6.02 Å². The molecule has 3 aliphatic rings. The summed E-state index contributed by atoms with van der Waals surface area (Å²) < 4.78 is 25.7. The number of aliphatic imine (C=N–C) groups is 1. The third-order valence-electron chi connectivity index (χ3n) is 6.60. The van der Waals surface area contributed by atoms with Gasteiger partial charge in [0.2, 0.25) is 0 Å². The quantitative estimate of drug-likeness (QED) is 0.301. The van der Waals surface area contributed by atoms with Gasteiger partial charge in [-0.2, -0.15) is 0 Å². The summed E-state index contributed by atoms with van der Waals surface area (Å²) in [6.45, 7) is 5.35. The zero-order valence-electron chi connectivity index (χ0n) is 19.9. The fraction of sp³-hybridized carbons (Fsp3) is 0.423. The predicted octanol–water partition coefficient (Wildman–Crippen LogP) is 4.56. The predicted molar refractivity (Wildman–Crippen MR) is 130 cm³/mol. The van der Waals surface area contributed by atoms with E-state index in [-0.39, 0.29) is 6.61 Å². The van der Waals surface area contributed by atoms with Crippen molar-refractivity contribution in [2.24, 2.45) is 10.1 Å². The van der Waals surface area contributed by atoms with Crippen molar-refractivity contribution in [1.82, 2.24) is 4.90 Å². The largest absolute Gasteiger partial charge is 0.454 e. The second kappa shape index (κ2) is 10.1. The first kappa shape index (κ1) is 23.4. The molecule has 182 valence electrons. The molecule has 0 saturated carbocycles. The monoisotopic (exact) mass is 475 g/mol. The Bertz CT molecular complexity index is 1130. The maximum Gasteiger partial charge on any atom is 0.294 e. The molecule has 3 heterocycles. The summed E-state index contributed by atoms with van der Waals surface area (Å²) in [6.07, 6.45) is 0.504. The fourth-order valence-electron chi connectivity index (χ4n) is 4.78. The number of rotatable bonds is 9. The van der Waals surface area contributed by atoms with Crippen molar-refractivity contribution in [3.63, 3.8) is 0 Å². The van der Waals surface area contributed by atoms with Crippen molar-refractivity contribution in [3.8, 4) is 0 Å². The highest BCUT2D eigenvalue weighted by molar-refractivity contribution is 5.79. The molecule has 0 aromatic heterocycles. The van der Waals surface area contributed by atoms with Gasteiger partial charge in [-0.3, -0.25) is 4.90 Å². The van der Waals surface area contributed by atoms with Crippen LogP contribution in [0.25, 0.3) is 10.4 Å². The molecule has 0 N–H and O–H groups in total. The molecule has 0 bridgehead atoms. The Labute approximate surface area is 204 Å². The van der Waals surface area contributed by atoms with Crippen molar-refractivity contribution >= 4 is 6.02 Å². The van der Waals surface area contributed by atoms with Gasteiger partial charge in [0.15, 0.2) is 12.3 Å². The second-order valence-corrected chi connectivity index (χ2v) is 9.10. The molecule has 35 heavy (non-hydrogen) atoms. The van der Waals surface area contributed by atoms with Gasteiger partial charge < -0.3 is 18.9 Å². The first-order chi connectivity index (χ1) is 17.1. The molecule has 0 amide bonds. The van der Waals surface area contributed by atoms with Crippen LogP contribution in [-0.2, 0) is 32.2 Å². The van der Waals surface area contributed by atoms with E-state index in [4.69, 9.17) is 18.9 Å². The summed E-state index contributed by atoms with van der Waals surface area (Å²) in [7, 11) is 0. The van der Waals surface area contributed by atoms with Gasteiger partial charge in [0, 0.05) is 11.1 Å². The molecule has 0 aliphatic carbocycles. The lowest BCUT2D eigenvalue weighted by Gasteiger charge is -2.38. The molecule has 5 rings (SSSR count). The average Bonchev–Trinajstić information content (AvgIpc) is 3.37. The van der Waals surface area contributed by atoms with Crippen LogP contribution >= 0.6 is 0 Å². The molecule has 2 fully saturated rings. The summed E-state index contributed by atoms with van der Waals surface area (Å²) in [4.78, 5) is 9.52. The van der Waals surface area contributed by atoms with E-state index in [0.29, 0.717) is 25.8 Å². The van der Waals surface area contributed by atoms with Crippen molar-refractivity contribution in [2.75, 3.05) is 13.2 Å². The molecule has 1 unspecified atom stereocenters. The van der Waals surface area contributed by atoms with Crippen molar-refractivity contribution in [2.45, 2.75) is 57.1 Å². The summed E-state index contributed by atoms with van der Waals surface area (Å²) >= 11 is 0. The number of hydrogen-bond donors (Lipinski definition) is 0. The van der Waals surface area contributed by atoms with E-state index in [1.54, 1.807) is 0 Å². The number of nitrogens with zero attached hydrogens (tertiary/aromatic N) is 5. The third kappa shape index (κ3) is 4.63. The summed E-state index contributed by atoms with van der Waals surface area (Å²) in [6, 6.07) is 19.8. The van der Waals surface area contributed by atoms with E-state index in [1.807, 2.05) is 85.6 Å². The number of hydrogen-bond acceptors (Lipinski definition) is 7. The molecule has 5 atom stereocenters. The lowest BCUT2D eigenvalue weighted by atomic mass is 9.89. The van der Waals surface area contributed by atoms with Crippen LogP contribution < -0.4 is 0 Å². The SMILES string of the molecule is CC1=CN2C(=NC1)O[C@@H]1[C@H]2O[C@@](COCc2ccccc2)(C(C)N=[N+]=[N-])[C@H]1OCc1ccccc1. The van der Waals surface area contributed by atoms with Gasteiger partial charge >= 0.3 is 0 Å². The maximum absolute atomic E-state index is 9.29. The molecular weight excluding hydrogens is 446 g/mol. The van der Waals surface area contributed by atoms with Crippen LogP contribution in [0.3, 0.4) is 0 Å². The smallest absolute Gasteiger partial charge is 0.294 e. The number of amidine groups is 1. The van der Waals surface area contributed by atoms with Crippen molar-refractivity contribution in [3.05, 3.63) is 94.0 Å². The Morgan fingerprint density at radius 1 is 1.14 bits per heavy atom. The molecular formula is C26H29N5O4. The maximum atomic E-state index is 9.29. The van der Waals surface area contributed by atoms with Crippen LogP contribution in [-0.4, -0.2) is 54.2 Å². The van der Waals surface area contributed by atoms with Gasteiger partial charge in [-0.05, 0) is 29.2 Å². The fourth-order valence-corrected chi connectivity index (χ4v) is 4.78. The van der Waals surface area contributed by atoms with E-state index in [0.717, 1.165) is 16.7 Å². The van der Waals surface area contributed by atoms with Crippen LogP contribution in [0.15, 0.2) is 82.5 Å². The minimum absolute atomic E-state index is 0.168. The Morgan fingerprint density at radius 2 is 1.83 bits per heavy atom. The summed E-state index contributed by atoms with van der Waals surface area (Å²) in [5, 5.41) is 4.03. The van der Waals surface area contributed by atoms with Crippen LogP contribution in [0.1, 0.15) is 25.0 Å². The number of azide groups is 1.